The highest BCUT2D eigenvalue weighted by atomic mass is 16.1. The summed E-state index contributed by atoms with van der Waals surface area (Å²) < 4.78 is 3.76. The molecule has 0 amide bonds. The Morgan fingerprint density at radius 3 is 2.57 bits per heavy atom. The third-order valence-electron chi connectivity index (χ3n) is 6.75. The Hall–Kier alpha value is -4.33. The van der Waals surface area contributed by atoms with Gasteiger partial charge in [-0.2, -0.15) is 5.21 Å². The Morgan fingerprint density at radius 1 is 1.00 bits per heavy atom. The summed E-state index contributed by atoms with van der Waals surface area (Å²) >= 11 is 0. The molecule has 5 aromatic rings. The molecular weight excluding hydrogens is 462 g/mol. The summed E-state index contributed by atoms with van der Waals surface area (Å²) in [4.78, 5) is 18.3. The average molecular weight is 494 g/mol. The molecule has 0 unspecified atom stereocenters. The molecule has 2 aromatic carbocycles. The number of benzene rings is 2. The standard InChI is InChI=1S/C29H31N7O/c1-4-6-11-24-19-36(27-20(3)9-7-10-22(27)5-2)29(37)35(24)18-21-13-15-23(16-14-21)26-25(12-8-17-30-26)28-31-33-34-32-28/h7-10,12-17,19H,4-6,11,18H2,1-3H3,(H,31,32,33,34). The molecule has 0 spiro atoms. The minimum absolute atomic E-state index is 0.00305. The van der Waals surface area contributed by atoms with Gasteiger partial charge in [-0.25, -0.2) is 4.79 Å². The van der Waals surface area contributed by atoms with Crippen molar-refractivity contribution in [1.29, 1.82) is 0 Å². The lowest BCUT2D eigenvalue weighted by molar-refractivity contribution is 0.673. The maximum atomic E-state index is 13.7. The third-order valence-corrected chi connectivity index (χ3v) is 6.75. The van der Waals surface area contributed by atoms with Gasteiger partial charge in [-0.3, -0.25) is 14.1 Å². The molecule has 8 heteroatoms. The van der Waals surface area contributed by atoms with Gasteiger partial charge in [0.15, 0.2) is 0 Å². The number of imidazole rings is 1. The number of H-pyrrole nitrogens is 1. The van der Waals surface area contributed by atoms with Crippen molar-refractivity contribution in [1.82, 2.24) is 34.7 Å². The highest BCUT2D eigenvalue weighted by Crippen LogP contribution is 2.28. The highest BCUT2D eigenvalue weighted by Gasteiger charge is 2.17. The lowest BCUT2D eigenvalue weighted by Crippen LogP contribution is -2.25. The van der Waals surface area contributed by atoms with E-state index in [1.807, 2.05) is 39.6 Å². The lowest BCUT2D eigenvalue weighted by atomic mass is 10.0. The molecule has 0 bridgehead atoms. The van der Waals surface area contributed by atoms with Crippen LogP contribution >= 0.6 is 0 Å². The molecular formula is C29H31N7O. The van der Waals surface area contributed by atoms with Gasteiger partial charge in [0.1, 0.15) is 0 Å². The van der Waals surface area contributed by atoms with Crippen molar-refractivity contribution in [3.63, 3.8) is 0 Å². The first-order valence-corrected chi connectivity index (χ1v) is 12.8. The number of unbranched alkanes of at least 4 members (excludes halogenated alkanes) is 1. The van der Waals surface area contributed by atoms with E-state index in [1.165, 1.54) is 5.56 Å². The Bertz CT molecular complexity index is 1550. The summed E-state index contributed by atoms with van der Waals surface area (Å²) in [5.74, 6) is 0.503. The molecule has 5 rings (SSSR count). The quantitative estimate of drug-likeness (QED) is 0.307. The monoisotopic (exact) mass is 493 g/mol. The fourth-order valence-electron chi connectivity index (χ4n) is 4.81. The van der Waals surface area contributed by atoms with E-state index in [1.54, 1.807) is 6.20 Å². The molecule has 0 aliphatic rings. The molecule has 3 heterocycles. The first-order valence-electron chi connectivity index (χ1n) is 12.8. The number of para-hydroxylation sites is 1. The Balaban J connectivity index is 1.50. The van der Waals surface area contributed by atoms with E-state index in [0.29, 0.717) is 12.4 Å². The second-order valence-corrected chi connectivity index (χ2v) is 9.23. The first-order chi connectivity index (χ1) is 18.1. The summed E-state index contributed by atoms with van der Waals surface area (Å²) in [6, 6.07) is 18.2. The number of nitrogens with one attached hydrogen (secondary N) is 1. The van der Waals surface area contributed by atoms with Crippen LogP contribution in [0, 0.1) is 6.92 Å². The summed E-state index contributed by atoms with van der Waals surface area (Å²) in [7, 11) is 0. The minimum Gasteiger partial charge on any atom is -0.292 e. The molecule has 8 nitrogen and oxygen atoms in total. The van der Waals surface area contributed by atoms with Crippen LogP contribution in [-0.4, -0.2) is 34.7 Å². The van der Waals surface area contributed by atoms with Gasteiger partial charge in [0.25, 0.3) is 0 Å². The molecule has 0 atom stereocenters. The second-order valence-electron chi connectivity index (χ2n) is 9.23. The van der Waals surface area contributed by atoms with Crippen LogP contribution in [0.4, 0.5) is 0 Å². The zero-order valence-electron chi connectivity index (χ0n) is 21.5. The fraction of sp³-hybridized carbons (Fsp3) is 0.276. The molecule has 0 aliphatic heterocycles. The predicted octanol–water partition coefficient (Wildman–Crippen LogP) is 5.14. The molecule has 1 N–H and O–H groups in total. The number of aryl methyl sites for hydroxylation is 3. The van der Waals surface area contributed by atoms with Gasteiger partial charge >= 0.3 is 5.69 Å². The first kappa shape index (κ1) is 24.4. The van der Waals surface area contributed by atoms with Crippen molar-refractivity contribution in [2.45, 2.75) is 53.0 Å². The smallest absolute Gasteiger partial charge is 0.292 e. The Morgan fingerprint density at radius 2 is 1.84 bits per heavy atom. The Kier molecular flexibility index (Phi) is 7.07. The molecule has 0 saturated carbocycles. The number of hydrogen-bond acceptors (Lipinski definition) is 5. The van der Waals surface area contributed by atoms with Gasteiger partial charge in [-0.15, -0.1) is 10.2 Å². The van der Waals surface area contributed by atoms with Crippen molar-refractivity contribution >= 4 is 0 Å². The number of nitrogens with zero attached hydrogens (tertiary/aromatic N) is 6. The zero-order valence-corrected chi connectivity index (χ0v) is 21.5. The van der Waals surface area contributed by atoms with Crippen molar-refractivity contribution < 1.29 is 0 Å². The molecule has 188 valence electrons. The van der Waals surface area contributed by atoms with Crippen LogP contribution < -0.4 is 5.69 Å². The lowest BCUT2D eigenvalue weighted by Gasteiger charge is -2.11. The van der Waals surface area contributed by atoms with E-state index in [4.69, 9.17) is 0 Å². The van der Waals surface area contributed by atoms with Crippen LogP contribution in [0.2, 0.25) is 0 Å². The Labute approximate surface area is 216 Å². The van der Waals surface area contributed by atoms with Crippen LogP contribution in [0.15, 0.2) is 71.8 Å². The number of tetrazole rings is 1. The number of pyridine rings is 1. The molecule has 0 radical (unpaired) electrons. The van der Waals surface area contributed by atoms with Gasteiger partial charge in [0.2, 0.25) is 5.82 Å². The van der Waals surface area contributed by atoms with Gasteiger partial charge < -0.3 is 0 Å². The molecule has 37 heavy (non-hydrogen) atoms. The van der Waals surface area contributed by atoms with Crippen molar-refractivity contribution in [3.8, 4) is 28.3 Å². The SMILES string of the molecule is CCCCc1cn(-c2c(C)cccc2CC)c(=O)n1Cc1ccc(-c2ncccc2-c2nn[nH]n2)cc1. The van der Waals surface area contributed by atoms with E-state index >= 15 is 0 Å². The van der Waals surface area contributed by atoms with E-state index < -0.39 is 0 Å². The van der Waals surface area contributed by atoms with Crippen molar-refractivity contribution in [2.75, 3.05) is 0 Å². The normalized spacial score (nSPS) is 11.2. The maximum Gasteiger partial charge on any atom is 0.333 e. The number of rotatable bonds is 9. The highest BCUT2D eigenvalue weighted by molar-refractivity contribution is 5.76. The topological polar surface area (TPSA) is 94.3 Å². The molecule has 0 aliphatic carbocycles. The summed E-state index contributed by atoms with van der Waals surface area (Å²) in [6.45, 7) is 6.89. The van der Waals surface area contributed by atoms with Crippen LogP contribution in [0.1, 0.15) is 49.1 Å². The van der Waals surface area contributed by atoms with Gasteiger partial charge in [0, 0.05) is 29.2 Å². The van der Waals surface area contributed by atoms with E-state index in [-0.39, 0.29) is 5.69 Å². The number of hydrogen-bond donors (Lipinski definition) is 1. The minimum atomic E-state index is 0.00305. The molecule has 0 fully saturated rings. The average Bonchev–Trinajstić information content (AvgIpc) is 3.57. The second kappa shape index (κ2) is 10.7. The zero-order chi connectivity index (χ0) is 25.8. The summed E-state index contributed by atoms with van der Waals surface area (Å²) in [5.41, 5.74) is 7.96. The summed E-state index contributed by atoms with van der Waals surface area (Å²) in [6.07, 6.45) is 7.65. The largest absolute Gasteiger partial charge is 0.333 e. The van der Waals surface area contributed by atoms with Crippen LogP contribution in [0.25, 0.3) is 28.3 Å². The van der Waals surface area contributed by atoms with E-state index in [9.17, 15) is 4.79 Å². The molecule has 0 saturated heterocycles. The fourth-order valence-corrected chi connectivity index (χ4v) is 4.81. The van der Waals surface area contributed by atoms with Crippen LogP contribution in [-0.2, 0) is 19.4 Å². The van der Waals surface area contributed by atoms with Gasteiger partial charge in [0.05, 0.1) is 17.9 Å². The molecule has 3 aromatic heterocycles. The van der Waals surface area contributed by atoms with Crippen molar-refractivity contribution in [2.24, 2.45) is 0 Å². The summed E-state index contributed by atoms with van der Waals surface area (Å²) in [5, 5.41) is 14.4. The number of aromatic amines is 1. The van der Waals surface area contributed by atoms with E-state index in [2.05, 4.69) is 76.7 Å². The predicted molar refractivity (Wildman–Crippen MR) is 145 cm³/mol. The number of aromatic nitrogens is 7. The van der Waals surface area contributed by atoms with E-state index in [0.717, 1.165) is 65.0 Å². The third kappa shape index (κ3) is 4.87. The van der Waals surface area contributed by atoms with Crippen molar-refractivity contribution in [3.05, 3.63) is 99.9 Å². The van der Waals surface area contributed by atoms with Gasteiger partial charge in [-0.1, -0.05) is 62.7 Å². The van der Waals surface area contributed by atoms with Gasteiger partial charge in [-0.05, 0) is 60.2 Å². The van der Waals surface area contributed by atoms with Crippen LogP contribution in [0.3, 0.4) is 0 Å². The maximum absolute atomic E-state index is 13.7. The van der Waals surface area contributed by atoms with Crippen LogP contribution in [0.5, 0.6) is 0 Å².